The van der Waals surface area contributed by atoms with Gasteiger partial charge in [0.1, 0.15) is 12.4 Å². The van der Waals surface area contributed by atoms with Crippen LogP contribution in [0.5, 0.6) is 5.75 Å². The van der Waals surface area contributed by atoms with Gasteiger partial charge in [-0.25, -0.2) is 4.79 Å². The number of ether oxygens (including phenoxy) is 1. The number of fused-ring (bicyclic) bond motifs is 1. The molecule has 0 spiro atoms. The van der Waals surface area contributed by atoms with Crippen LogP contribution in [0.3, 0.4) is 0 Å². The molecule has 0 saturated heterocycles. The summed E-state index contributed by atoms with van der Waals surface area (Å²) in [6.45, 7) is 2.76. The van der Waals surface area contributed by atoms with Gasteiger partial charge in [0.05, 0.1) is 15.6 Å². The molecule has 0 aliphatic heterocycles. The van der Waals surface area contributed by atoms with Crippen LogP contribution in [0.1, 0.15) is 27.0 Å². The minimum atomic E-state index is -0.938. The van der Waals surface area contributed by atoms with Crippen LogP contribution in [-0.2, 0) is 13.2 Å². The van der Waals surface area contributed by atoms with Gasteiger partial charge < -0.3 is 15.2 Å². The van der Waals surface area contributed by atoms with Gasteiger partial charge in [-0.2, -0.15) is 0 Å². The predicted octanol–water partition coefficient (Wildman–Crippen LogP) is 7.34. The van der Waals surface area contributed by atoms with Crippen LogP contribution in [0, 0.1) is 6.92 Å². The third-order valence-electron chi connectivity index (χ3n) is 5.30. The molecule has 0 bridgehead atoms. The number of aryl methyl sites for hydroxylation is 1. The van der Waals surface area contributed by atoms with E-state index in [0.29, 0.717) is 23.2 Å². The lowest BCUT2D eigenvalue weighted by Crippen LogP contribution is -2.06. The summed E-state index contributed by atoms with van der Waals surface area (Å²) in [5, 5.41) is 15.8. The average molecular weight is 466 g/mol. The quantitative estimate of drug-likeness (QED) is 0.299. The zero-order valence-electron chi connectivity index (χ0n) is 17.4. The van der Waals surface area contributed by atoms with Crippen molar-refractivity contribution in [2.24, 2.45) is 0 Å². The molecule has 6 heteroatoms. The zero-order valence-corrected chi connectivity index (χ0v) is 18.9. The number of halogens is 2. The summed E-state index contributed by atoms with van der Waals surface area (Å²) in [7, 11) is 0. The molecule has 0 heterocycles. The molecular formula is C26H21Cl2NO3. The van der Waals surface area contributed by atoms with Crippen molar-refractivity contribution in [3.05, 3.63) is 105 Å². The third kappa shape index (κ3) is 4.82. The predicted molar refractivity (Wildman–Crippen MR) is 130 cm³/mol. The molecular weight excluding hydrogens is 445 g/mol. The summed E-state index contributed by atoms with van der Waals surface area (Å²) in [5.41, 5.74) is 3.95. The Morgan fingerprint density at radius 1 is 0.969 bits per heavy atom. The molecule has 0 aliphatic rings. The van der Waals surface area contributed by atoms with E-state index in [1.165, 1.54) is 0 Å². The van der Waals surface area contributed by atoms with Gasteiger partial charge in [-0.3, -0.25) is 0 Å². The molecule has 0 fully saturated rings. The maximum absolute atomic E-state index is 11.2. The van der Waals surface area contributed by atoms with Gasteiger partial charge in [0.2, 0.25) is 0 Å². The number of carboxylic acid groups (broad SMARTS) is 1. The van der Waals surface area contributed by atoms with Crippen molar-refractivity contribution in [3.8, 4) is 5.75 Å². The van der Waals surface area contributed by atoms with Crippen molar-refractivity contribution in [3.63, 3.8) is 0 Å². The number of carbonyl (C=O) groups is 1. The van der Waals surface area contributed by atoms with E-state index < -0.39 is 5.97 Å². The summed E-state index contributed by atoms with van der Waals surface area (Å²) < 4.78 is 6.18. The third-order valence-corrected chi connectivity index (χ3v) is 6.04. The summed E-state index contributed by atoms with van der Waals surface area (Å²) in [6, 6.07) is 22.6. The smallest absolute Gasteiger partial charge is 0.335 e. The monoisotopic (exact) mass is 465 g/mol. The second kappa shape index (κ2) is 9.51. The first-order valence-corrected chi connectivity index (χ1v) is 10.8. The molecule has 0 unspecified atom stereocenters. The van der Waals surface area contributed by atoms with E-state index >= 15 is 0 Å². The molecule has 0 aliphatic carbocycles. The maximum atomic E-state index is 11.2. The molecule has 0 atom stereocenters. The molecule has 2 N–H and O–H groups in total. The highest BCUT2D eigenvalue weighted by Crippen LogP contribution is 2.31. The maximum Gasteiger partial charge on any atom is 0.335 e. The SMILES string of the molecule is Cc1cc(C(=O)O)ccc1NCc1c(OCc2ccc(Cl)c(Cl)c2)ccc2ccccc12. The normalized spacial score (nSPS) is 10.8. The lowest BCUT2D eigenvalue weighted by atomic mass is 10.0. The summed E-state index contributed by atoms with van der Waals surface area (Å²) in [5.74, 6) is -0.172. The van der Waals surface area contributed by atoms with Gasteiger partial charge in [0.15, 0.2) is 0 Å². The van der Waals surface area contributed by atoms with Gasteiger partial charge >= 0.3 is 5.97 Å². The minimum absolute atomic E-state index is 0.267. The van der Waals surface area contributed by atoms with Crippen LogP contribution < -0.4 is 10.1 Å². The molecule has 0 radical (unpaired) electrons. The molecule has 32 heavy (non-hydrogen) atoms. The van der Waals surface area contributed by atoms with E-state index in [0.717, 1.165) is 38.9 Å². The minimum Gasteiger partial charge on any atom is -0.489 e. The zero-order chi connectivity index (χ0) is 22.7. The van der Waals surface area contributed by atoms with E-state index in [9.17, 15) is 9.90 Å². The number of nitrogens with one attached hydrogen (secondary N) is 1. The van der Waals surface area contributed by atoms with Gasteiger partial charge in [-0.1, -0.05) is 59.6 Å². The Kier molecular flexibility index (Phi) is 6.54. The second-order valence-electron chi connectivity index (χ2n) is 7.49. The van der Waals surface area contributed by atoms with E-state index in [1.54, 1.807) is 30.3 Å². The van der Waals surface area contributed by atoms with Crippen molar-refractivity contribution >= 4 is 45.6 Å². The highest BCUT2D eigenvalue weighted by atomic mass is 35.5. The molecule has 4 aromatic rings. The topological polar surface area (TPSA) is 58.6 Å². The number of aromatic carboxylic acids is 1. The Morgan fingerprint density at radius 3 is 2.53 bits per heavy atom. The van der Waals surface area contributed by atoms with Gasteiger partial charge in [-0.15, -0.1) is 0 Å². The standard InChI is InChI=1S/C26H21Cl2NO3/c1-16-12-19(26(30)31)7-10-24(16)29-14-21-20-5-3-2-4-18(20)8-11-25(21)32-15-17-6-9-22(27)23(28)13-17/h2-13,29H,14-15H2,1H3,(H,30,31). The Balaban J connectivity index is 1.61. The van der Waals surface area contributed by atoms with Crippen molar-refractivity contribution in [2.75, 3.05) is 5.32 Å². The Morgan fingerprint density at radius 2 is 1.78 bits per heavy atom. The first-order valence-electron chi connectivity index (χ1n) is 10.1. The molecule has 0 aromatic heterocycles. The summed E-state index contributed by atoms with van der Waals surface area (Å²) in [6.07, 6.45) is 0. The first-order chi connectivity index (χ1) is 15.4. The fraction of sp³-hybridized carbons (Fsp3) is 0.115. The number of benzene rings is 4. The Labute approximate surface area is 196 Å². The van der Waals surface area contributed by atoms with Gasteiger partial charge in [0, 0.05) is 17.8 Å². The van der Waals surface area contributed by atoms with E-state index in [1.807, 2.05) is 37.3 Å². The highest BCUT2D eigenvalue weighted by Gasteiger charge is 2.12. The molecule has 4 aromatic carbocycles. The van der Waals surface area contributed by atoms with Crippen LogP contribution in [0.25, 0.3) is 10.8 Å². The number of carboxylic acids is 1. The van der Waals surface area contributed by atoms with Crippen LogP contribution in [0.4, 0.5) is 5.69 Å². The lowest BCUT2D eigenvalue weighted by molar-refractivity contribution is 0.0697. The Hall–Kier alpha value is -3.21. The van der Waals surface area contributed by atoms with Crippen molar-refractivity contribution in [1.82, 2.24) is 0 Å². The second-order valence-corrected chi connectivity index (χ2v) is 8.30. The summed E-state index contributed by atoms with van der Waals surface area (Å²) >= 11 is 12.1. The number of hydrogen-bond acceptors (Lipinski definition) is 3. The van der Waals surface area contributed by atoms with Crippen molar-refractivity contribution in [2.45, 2.75) is 20.1 Å². The molecule has 162 valence electrons. The van der Waals surface area contributed by atoms with E-state index in [4.69, 9.17) is 27.9 Å². The fourth-order valence-corrected chi connectivity index (χ4v) is 3.92. The number of rotatable bonds is 7. The highest BCUT2D eigenvalue weighted by molar-refractivity contribution is 6.42. The average Bonchev–Trinajstić information content (AvgIpc) is 2.79. The van der Waals surface area contributed by atoms with Crippen molar-refractivity contribution in [1.29, 1.82) is 0 Å². The van der Waals surface area contributed by atoms with Crippen molar-refractivity contribution < 1.29 is 14.6 Å². The van der Waals surface area contributed by atoms with Crippen LogP contribution in [0.15, 0.2) is 72.8 Å². The van der Waals surface area contributed by atoms with Crippen LogP contribution in [0.2, 0.25) is 10.0 Å². The molecule has 4 nitrogen and oxygen atoms in total. The van der Waals surface area contributed by atoms with Crippen LogP contribution in [-0.4, -0.2) is 11.1 Å². The Bertz CT molecular complexity index is 1300. The van der Waals surface area contributed by atoms with Crippen LogP contribution >= 0.6 is 23.2 Å². The summed E-state index contributed by atoms with van der Waals surface area (Å²) in [4.78, 5) is 11.2. The molecule has 0 amide bonds. The van der Waals surface area contributed by atoms with E-state index in [2.05, 4.69) is 17.4 Å². The number of anilines is 1. The molecule has 4 rings (SSSR count). The first kappa shape index (κ1) is 22.0. The molecule has 0 saturated carbocycles. The van der Waals surface area contributed by atoms with E-state index in [-0.39, 0.29) is 5.56 Å². The number of hydrogen-bond donors (Lipinski definition) is 2. The van der Waals surface area contributed by atoms with Gasteiger partial charge in [-0.05, 0) is 65.2 Å². The van der Waals surface area contributed by atoms with Gasteiger partial charge in [0.25, 0.3) is 0 Å². The fourth-order valence-electron chi connectivity index (χ4n) is 3.60. The largest absolute Gasteiger partial charge is 0.489 e. The lowest BCUT2D eigenvalue weighted by Gasteiger charge is -2.17.